The smallest absolute Gasteiger partial charge is 0.245 e. The summed E-state index contributed by atoms with van der Waals surface area (Å²) in [7, 11) is 6.67. The molecule has 11 nitrogen and oxygen atoms in total. The fraction of sp³-hybridized carbons (Fsp3) is 0.738. The van der Waals surface area contributed by atoms with Crippen LogP contribution in [0.1, 0.15) is 107 Å². The molecule has 0 saturated carbocycles. The Morgan fingerprint density at radius 1 is 0.528 bits per heavy atom. The fourth-order valence-electron chi connectivity index (χ4n) is 6.70. The number of likely N-dealkylation sites (N-methyl/N-ethyl adjacent to an activating group) is 4. The molecule has 302 valence electrons. The molecule has 0 bridgehead atoms. The zero-order chi connectivity index (χ0) is 40.6. The predicted molar refractivity (Wildman–Crippen MR) is 215 cm³/mol. The average molecular weight is 743 g/mol. The van der Waals surface area contributed by atoms with E-state index in [4.69, 9.17) is 0 Å². The third-order valence-corrected chi connectivity index (χ3v) is 9.65. The van der Waals surface area contributed by atoms with Crippen LogP contribution < -0.4 is 16.0 Å². The van der Waals surface area contributed by atoms with Crippen molar-refractivity contribution < 1.29 is 24.0 Å². The van der Waals surface area contributed by atoms with E-state index in [0.29, 0.717) is 45.1 Å². The van der Waals surface area contributed by atoms with Crippen LogP contribution in [0.15, 0.2) is 30.3 Å². The third-order valence-electron chi connectivity index (χ3n) is 9.65. The molecule has 0 aromatic heterocycles. The molecule has 3 N–H and O–H groups in total. The van der Waals surface area contributed by atoms with E-state index < -0.39 is 36.1 Å². The van der Waals surface area contributed by atoms with Gasteiger partial charge in [0.25, 0.3) is 0 Å². The lowest BCUT2D eigenvalue weighted by atomic mass is 9.96. The molecule has 53 heavy (non-hydrogen) atoms. The summed E-state index contributed by atoms with van der Waals surface area (Å²) < 4.78 is 0. The minimum atomic E-state index is -0.902. The van der Waals surface area contributed by atoms with Crippen molar-refractivity contribution >= 4 is 29.5 Å². The average Bonchev–Trinajstić information content (AvgIpc) is 3.08. The summed E-state index contributed by atoms with van der Waals surface area (Å²) in [6.45, 7) is 20.5. The Kier molecular flexibility index (Phi) is 20.9. The standard InChI is InChI=1S/C42H74N6O5/c1-27(2)22-33(43-11)40(51)48(14)37(26-31(9)10)42(53)47(13)36(25-30(7)8)39(50)45-34(23-28(3)4)41(52)46(12)35(24-29(5)6)38(49)44-21-20-32-18-16-15-17-19-32/h15-19,27-31,33-37,43H,20-26H2,1-14H3,(H,44,49)(H,45,50)/t33-,34-,35-,36-,37-/m0/s1. The first-order valence-corrected chi connectivity index (χ1v) is 19.8. The van der Waals surface area contributed by atoms with Gasteiger partial charge in [0, 0.05) is 27.7 Å². The molecule has 0 fully saturated rings. The summed E-state index contributed by atoms with van der Waals surface area (Å²) in [6, 6.07) is 6.20. The van der Waals surface area contributed by atoms with Crippen LogP contribution in [0.3, 0.4) is 0 Å². The number of benzene rings is 1. The minimum Gasteiger partial charge on any atom is -0.354 e. The molecule has 0 heterocycles. The zero-order valence-corrected chi connectivity index (χ0v) is 35.5. The van der Waals surface area contributed by atoms with Gasteiger partial charge in [-0.3, -0.25) is 24.0 Å². The van der Waals surface area contributed by atoms with Gasteiger partial charge in [-0.25, -0.2) is 0 Å². The highest BCUT2D eigenvalue weighted by atomic mass is 16.2. The Morgan fingerprint density at radius 2 is 0.925 bits per heavy atom. The number of amides is 5. The van der Waals surface area contributed by atoms with Crippen molar-refractivity contribution in [1.29, 1.82) is 0 Å². The monoisotopic (exact) mass is 743 g/mol. The lowest BCUT2D eigenvalue weighted by Crippen LogP contribution is -2.60. The molecular formula is C42H74N6O5. The van der Waals surface area contributed by atoms with Crippen LogP contribution in [0.25, 0.3) is 0 Å². The first-order chi connectivity index (χ1) is 24.7. The van der Waals surface area contributed by atoms with Gasteiger partial charge < -0.3 is 30.7 Å². The summed E-state index contributed by atoms with van der Waals surface area (Å²) in [6.07, 6.45) is 2.92. The van der Waals surface area contributed by atoms with Crippen LogP contribution in [0.2, 0.25) is 0 Å². The van der Waals surface area contributed by atoms with Crippen LogP contribution in [-0.4, -0.2) is 109 Å². The van der Waals surface area contributed by atoms with Crippen molar-refractivity contribution in [3.63, 3.8) is 0 Å². The van der Waals surface area contributed by atoms with E-state index in [-0.39, 0.29) is 53.2 Å². The zero-order valence-electron chi connectivity index (χ0n) is 35.5. The summed E-state index contributed by atoms with van der Waals surface area (Å²) >= 11 is 0. The van der Waals surface area contributed by atoms with Gasteiger partial charge in [0.1, 0.15) is 24.2 Å². The first kappa shape index (κ1) is 47.6. The van der Waals surface area contributed by atoms with Gasteiger partial charge in [-0.2, -0.15) is 0 Å². The molecule has 1 aromatic carbocycles. The number of rotatable bonds is 23. The van der Waals surface area contributed by atoms with E-state index in [9.17, 15) is 24.0 Å². The Labute approximate surface area is 321 Å². The highest BCUT2D eigenvalue weighted by Gasteiger charge is 2.39. The molecule has 0 aliphatic heterocycles. The highest BCUT2D eigenvalue weighted by Crippen LogP contribution is 2.21. The molecule has 5 amide bonds. The number of nitrogens with zero attached hydrogens (tertiary/aromatic N) is 3. The minimum absolute atomic E-state index is 0.0561. The Morgan fingerprint density at radius 3 is 1.40 bits per heavy atom. The predicted octanol–water partition coefficient (Wildman–Crippen LogP) is 5.13. The van der Waals surface area contributed by atoms with Crippen molar-refractivity contribution in [3.8, 4) is 0 Å². The van der Waals surface area contributed by atoms with Gasteiger partial charge >= 0.3 is 0 Å². The normalized spacial score (nSPS) is 14.5. The van der Waals surface area contributed by atoms with Gasteiger partial charge in [-0.15, -0.1) is 0 Å². The Bertz CT molecular complexity index is 1280. The second-order valence-electron chi connectivity index (χ2n) is 17.0. The van der Waals surface area contributed by atoms with Crippen LogP contribution >= 0.6 is 0 Å². The van der Waals surface area contributed by atoms with Crippen molar-refractivity contribution in [2.45, 2.75) is 138 Å². The highest BCUT2D eigenvalue weighted by molar-refractivity contribution is 5.95. The molecule has 11 heteroatoms. The largest absolute Gasteiger partial charge is 0.354 e. The number of carbonyl (C=O) groups excluding carboxylic acids is 5. The van der Waals surface area contributed by atoms with Gasteiger partial charge in [0.2, 0.25) is 29.5 Å². The third kappa shape index (κ3) is 16.2. The van der Waals surface area contributed by atoms with E-state index in [0.717, 1.165) is 5.56 Å². The lowest BCUT2D eigenvalue weighted by molar-refractivity contribution is -0.150. The maximum Gasteiger partial charge on any atom is 0.245 e. The Balaban J connectivity index is 3.36. The van der Waals surface area contributed by atoms with Crippen molar-refractivity contribution in [1.82, 2.24) is 30.7 Å². The van der Waals surface area contributed by atoms with Gasteiger partial charge in [-0.05, 0) is 80.7 Å². The Hall–Kier alpha value is -3.47. The van der Waals surface area contributed by atoms with Crippen LogP contribution in [0, 0.1) is 29.6 Å². The summed E-state index contributed by atoms with van der Waals surface area (Å²) in [5.41, 5.74) is 1.11. The summed E-state index contributed by atoms with van der Waals surface area (Å²) in [4.78, 5) is 74.6. The molecule has 0 saturated heterocycles. The molecule has 0 aliphatic rings. The van der Waals surface area contributed by atoms with Gasteiger partial charge in [0.05, 0.1) is 6.04 Å². The van der Waals surface area contributed by atoms with Crippen LogP contribution in [0.5, 0.6) is 0 Å². The molecule has 0 aliphatic carbocycles. The van der Waals surface area contributed by atoms with Crippen LogP contribution in [0.4, 0.5) is 0 Å². The molecule has 1 aromatic rings. The fourth-order valence-corrected chi connectivity index (χ4v) is 6.70. The van der Waals surface area contributed by atoms with Crippen molar-refractivity contribution in [3.05, 3.63) is 35.9 Å². The van der Waals surface area contributed by atoms with E-state index in [2.05, 4.69) is 29.8 Å². The molecule has 0 unspecified atom stereocenters. The van der Waals surface area contributed by atoms with Gasteiger partial charge in [-0.1, -0.05) is 99.6 Å². The van der Waals surface area contributed by atoms with Gasteiger partial charge in [0.15, 0.2) is 0 Å². The van der Waals surface area contributed by atoms with Crippen molar-refractivity contribution in [2.75, 3.05) is 34.7 Å². The topological polar surface area (TPSA) is 131 Å². The molecule has 5 atom stereocenters. The number of carbonyl (C=O) groups is 5. The van der Waals surface area contributed by atoms with E-state index >= 15 is 0 Å². The SMILES string of the molecule is CN[C@@H](CC(C)C)C(=O)N(C)[C@@H](CC(C)C)C(=O)N(C)[C@@H](CC(C)C)C(=O)N[C@@H](CC(C)C)C(=O)N(C)[C@@H](CC(C)C)C(=O)NCCc1ccccc1. The first-order valence-electron chi connectivity index (χ1n) is 19.8. The second kappa shape index (κ2) is 23.3. The molecule has 0 radical (unpaired) electrons. The quantitative estimate of drug-likeness (QED) is 0.143. The molecule has 1 rings (SSSR count). The maximum atomic E-state index is 14.3. The maximum absolute atomic E-state index is 14.3. The molecule has 0 spiro atoms. The number of hydrogen-bond donors (Lipinski definition) is 3. The van der Waals surface area contributed by atoms with E-state index in [1.54, 1.807) is 28.2 Å². The number of hydrogen-bond acceptors (Lipinski definition) is 6. The second-order valence-corrected chi connectivity index (χ2v) is 17.0. The van der Waals surface area contributed by atoms with E-state index in [1.807, 2.05) is 85.7 Å². The summed E-state index contributed by atoms with van der Waals surface area (Å²) in [5.74, 6) is -0.841. The lowest BCUT2D eigenvalue weighted by Gasteiger charge is -2.38. The number of nitrogens with one attached hydrogen (secondary N) is 3. The van der Waals surface area contributed by atoms with E-state index in [1.165, 1.54) is 14.7 Å². The molecular weight excluding hydrogens is 668 g/mol. The van der Waals surface area contributed by atoms with Crippen molar-refractivity contribution in [2.24, 2.45) is 29.6 Å². The summed E-state index contributed by atoms with van der Waals surface area (Å²) in [5, 5.41) is 9.16. The van der Waals surface area contributed by atoms with Crippen LogP contribution in [-0.2, 0) is 30.4 Å².